The van der Waals surface area contributed by atoms with Crippen LogP contribution in [0.1, 0.15) is 18.5 Å². The minimum Gasteiger partial charge on any atom is -0.391 e. The molecule has 1 aromatic rings. The highest BCUT2D eigenvalue weighted by Crippen LogP contribution is 2.27. The van der Waals surface area contributed by atoms with E-state index >= 15 is 0 Å². The molecule has 1 rings (SSSR count). The number of hydrogen-bond donors (Lipinski definition) is 2. The van der Waals surface area contributed by atoms with Crippen molar-refractivity contribution >= 4 is 12.4 Å². The summed E-state index contributed by atoms with van der Waals surface area (Å²) in [5, 5.41) is 8.98. The van der Waals surface area contributed by atoms with Crippen molar-refractivity contribution in [1.29, 1.82) is 0 Å². The van der Waals surface area contributed by atoms with Crippen LogP contribution in [0.3, 0.4) is 0 Å². The van der Waals surface area contributed by atoms with Crippen molar-refractivity contribution < 1.29 is 27.1 Å². The molecule has 0 heterocycles. The zero-order valence-corrected chi connectivity index (χ0v) is 9.29. The van der Waals surface area contributed by atoms with Crippen molar-refractivity contribution in [1.82, 2.24) is 0 Å². The Balaban J connectivity index is 0.00000256. The van der Waals surface area contributed by atoms with E-state index in [1.54, 1.807) is 0 Å². The summed E-state index contributed by atoms with van der Waals surface area (Å²) >= 11 is 0. The normalized spacial score (nSPS) is 14.1. The largest absolute Gasteiger partial charge is 0.391 e. The fraction of sp³-hybridized carbons (Fsp3) is 0.333. The van der Waals surface area contributed by atoms with Crippen LogP contribution in [0.5, 0.6) is 0 Å². The molecule has 0 saturated carbocycles. The fourth-order valence-corrected chi connectivity index (χ4v) is 1.16. The highest BCUT2D eigenvalue weighted by Gasteiger charge is 2.30. The lowest BCUT2D eigenvalue weighted by Crippen LogP contribution is -2.27. The van der Waals surface area contributed by atoms with Crippen LogP contribution < -0.4 is 5.73 Å². The van der Waals surface area contributed by atoms with Gasteiger partial charge in [0, 0.05) is 5.56 Å². The lowest BCUT2D eigenvalue weighted by atomic mass is 10.0. The Morgan fingerprint density at radius 1 is 0.882 bits per heavy atom. The molecule has 98 valence electrons. The van der Waals surface area contributed by atoms with Gasteiger partial charge in [-0.1, -0.05) is 0 Å². The summed E-state index contributed by atoms with van der Waals surface area (Å²) in [5.74, 6) is -10.5. The zero-order chi connectivity index (χ0) is 12.6. The Labute approximate surface area is 99.6 Å². The van der Waals surface area contributed by atoms with Crippen LogP contribution in [-0.2, 0) is 0 Å². The number of halogens is 6. The topological polar surface area (TPSA) is 46.2 Å². The predicted octanol–water partition coefficient (Wildman–Crippen LogP) is 2.18. The summed E-state index contributed by atoms with van der Waals surface area (Å²) in [5.41, 5.74) is 3.93. The average Bonchev–Trinajstić information content (AvgIpc) is 2.23. The molecule has 0 aromatic heterocycles. The highest BCUT2D eigenvalue weighted by atomic mass is 35.5. The van der Waals surface area contributed by atoms with Crippen molar-refractivity contribution in [3.8, 4) is 0 Å². The van der Waals surface area contributed by atoms with E-state index in [2.05, 4.69) is 0 Å². The first-order valence-electron chi connectivity index (χ1n) is 4.24. The van der Waals surface area contributed by atoms with Gasteiger partial charge in [0.15, 0.2) is 23.3 Å². The molecule has 2 nitrogen and oxygen atoms in total. The number of nitrogens with two attached hydrogens (primary N) is 1. The first-order valence-corrected chi connectivity index (χ1v) is 4.24. The van der Waals surface area contributed by atoms with Gasteiger partial charge in [-0.3, -0.25) is 0 Å². The van der Waals surface area contributed by atoms with E-state index in [0.717, 1.165) is 6.92 Å². The van der Waals surface area contributed by atoms with Crippen LogP contribution in [0.4, 0.5) is 22.0 Å². The number of benzene rings is 1. The minimum atomic E-state index is -2.25. The summed E-state index contributed by atoms with van der Waals surface area (Å²) in [7, 11) is 0. The van der Waals surface area contributed by atoms with Crippen LogP contribution in [-0.4, -0.2) is 11.2 Å². The van der Waals surface area contributed by atoms with E-state index in [-0.39, 0.29) is 12.4 Å². The van der Waals surface area contributed by atoms with Gasteiger partial charge in [0.1, 0.15) is 0 Å². The van der Waals surface area contributed by atoms with Crippen molar-refractivity contribution in [3.05, 3.63) is 34.6 Å². The van der Waals surface area contributed by atoms with E-state index in [4.69, 9.17) is 10.8 Å². The molecule has 17 heavy (non-hydrogen) atoms. The molecule has 0 saturated heterocycles. The van der Waals surface area contributed by atoms with Crippen LogP contribution in [0, 0.1) is 29.1 Å². The molecule has 0 fully saturated rings. The molecule has 8 heteroatoms. The third-order valence-corrected chi connectivity index (χ3v) is 2.10. The maximum atomic E-state index is 13.1. The molecular weight excluding hydrogens is 269 g/mol. The van der Waals surface area contributed by atoms with Crippen molar-refractivity contribution in [3.63, 3.8) is 0 Å². The van der Waals surface area contributed by atoms with Gasteiger partial charge in [-0.05, 0) is 6.92 Å². The minimum absolute atomic E-state index is 0. The second kappa shape index (κ2) is 5.61. The lowest BCUT2D eigenvalue weighted by molar-refractivity contribution is 0.158. The van der Waals surface area contributed by atoms with Gasteiger partial charge in [0.05, 0.1) is 12.1 Å². The SMILES string of the molecule is C[C@H](O)[C@H](N)c1c(F)c(F)c(F)c(F)c1F.Cl. The first kappa shape index (κ1) is 16.1. The Morgan fingerprint density at radius 3 is 1.47 bits per heavy atom. The van der Waals surface area contributed by atoms with E-state index in [1.165, 1.54) is 0 Å². The van der Waals surface area contributed by atoms with E-state index in [1.807, 2.05) is 0 Å². The highest BCUT2D eigenvalue weighted by molar-refractivity contribution is 5.85. The molecule has 3 N–H and O–H groups in total. The summed E-state index contributed by atoms with van der Waals surface area (Å²) in [4.78, 5) is 0. The second-order valence-corrected chi connectivity index (χ2v) is 3.25. The van der Waals surface area contributed by atoms with Crippen molar-refractivity contribution in [2.24, 2.45) is 5.73 Å². The molecular formula is C9H9ClF5NO. The Hall–Kier alpha value is -0.920. The van der Waals surface area contributed by atoms with Gasteiger partial charge in [0.25, 0.3) is 0 Å². The van der Waals surface area contributed by atoms with Gasteiger partial charge in [-0.2, -0.15) is 0 Å². The maximum Gasteiger partial charge on any atom is 0.200 e. The van der Waals surface area contributed by atoms with Crippen LogP contribution in [0.2, 0.25) is 0 Å². The number of aliphatic hydroxyl groups excluding tert-OH is 1. The molecule has 0 spiro atoms. The Morgan fingerprint density at radius 2 is 1.18 bits per heavy atom. The third kappa shape index (κ3) is 2.67. The summed E-state index contributed by atoms with van der Waals surface area (Å²) in [6.07, 6.45) is -1.45. The molecule has 0 bridgehead atoms. The predicted molar refractivity (Wildman–Crippen MR) is 52.1 cm³/mol. The smallest absolute Gasteiger partial charge is 0.200 e. The Kier molecular flexibility index (Phi) is 5.31. The lowest BCUT2D eigenvalue weighted by Gasteiger charge is -2.17. The van der Waals surface area contributed by atoms with E-state index < -0.39 is 46.8 Å². The van der Waals surface area contributed by atoms with Gasteiger partial charge in [-0.15, -0.1) is 12.4 Å². The molecule has 0 aliphatic carbocycles. The summed E-state index contributed by atoms with van der Waals surface area (Å²) < 4.78 is 64.3. The van der Waals surface area contributed by atoms with Gasteiger partial charge >= 0.3 is 0 Å². The molecule has 0 unspecified atom stereocenters. The van der Waals surface area contributed by atoms with E-state index in [9.17, 15) is 22.0 Å². The zero-order valence-electron chi connectivity index (χ0n) is 8.48. The third-order valence-electron chi connectivity index (χ3n) is 2.10. The summed E-state index contributed by atoms with van der Waals surface area (Å²) in [6.45, 7) is 1.07. The Bertz CT molecular complexity index is 397. The molecule has 0 amide bonds. The average molecular weight is 278 g/mol. The summed E-state index contributed by atoms with van der Waals surface area (Å²) in [6, 6.07) is -1.69. The molecule has 0 aliphatic heterocycles. The standard InChI is InChI=1S/C9H8F5NO.ClH/c1-2(16)9(15)3-4(10)6(12)8(14)7(13)5(3)11;/h2,9,16H,15H2,1H3;1H/t2-,9-;/m0./s1. The van der Waals surface area contributed by atoms with Crippen molar-refractivity contribution in [2.75, 3.05) is 0 Å². The molecule has 0 radical (unpaired) electrons. The van der Waals surface area contributed by atoms with Crippen LogP contribution in [0.25, 0.3) is 0 Å². The number of aliphatic hydroxyl groups is 1. The monoisotopic (exact) mass is 277 g/mol. The van der Waals surface area contributed by atoms with Crippen molar-refractivity contribution in [2.45, 2.75) is 19.1 Å². The number of hydrogen-bond acceptors (Lipinski definition) is 2. The molecule has 1 aromatic carbocycles. The van der Waals surface area contributed by atoms with Gasteiger partial charge in [-0.25, -0.2) is 22.0 Å². The fourth-order valence-electron chi connectivity index (χ4n) is 1.16. The van der Waals surface area contributed by atoms with E-state index in [0.29, 0.717) is 0 Å². The number of rotatable bonds is 2. The second-order valence-electron chi connectivity index (χ2n) is 3.25. The van der Waals surface area contributed by atoms with Crippen LogP contribution >= 0.6 is 12.4 Å². The quantitative estimate of drug-likeness (QED) is 0.494. The molecule has 0 aliphatic rings. The maximum absolute atomic E-state index is 13.1. The first-order chi connectivity index (χ1) is 7.29. The van der Waals surface area contributed by atoms with Gasteiger partial charge in [0.2, 0.25) is 5.82 Å². The van der Waals surface area contributed by atoms with Crippen LogP contribution in [0.15, 0.2) is 0 Å². The molecule has 2 atom stereocenters. The van der Waals surface area contributed by atoms with Gasteiger partial charge < -0.3 is 10.8 Å².